The zero-order valence-electron chi connectivity index (χ0n) is 13.8. The number of halogens is 2. The van der Waals surface area contributed by atoms with Crippen molar-refractivity contribution in [1.29, 1.82) is 0 Å². The van der Waals surface area contributed by atoms with Crippen LogP contribution in [0.3, 0.4) is 0 Å². The van der Waals surface area contributed by atoms with Gasteiger partial charge in [-0.2, -0.15) is 35.0 Å². The summed E-state index contributed by atoms with van der Waals surface area (Å²) in [7, 11) is 1.08. The van der Waals surface area contributed by atoms with Gasteiger partial charge in [0.05, 0.1) is 0 Å². The molecule has 4 aromatic carbocycles. The fourth-order valence-corrected chi connectivity index (χ4v) is 2.14. The van der Waals surface area contributed by atoms with E-state index < -0.39 is 0 Å². The first-order chi connectivity index (χ1) is 10.3. The van der Waals surface area contributed by atoms with E-state index in [1.807, 2.05) is 0 Å². The Morgan fingerprint density at radius 1 is 0.625 bits per heavy atom. The zero-order chi connectivity index (χ0) is 14.9. The molecule has 0 aliphatic rings. The minimum absolute atomic E-state index is 0. The van der Waals surface area contributed by atoms with Crippen molar-refractivity contribution < 1.29 is 31.1 Å². The van der Waals surface area contributed by atoms with Gasteiger partial charge in [0.15, 0.2) is 0 Å². The van der Waals surface area contributed by atoms with Crippen LogP contribution in [0.4, 0.5) is 0 Å². The minimum atomic E-state index is 0. The first kappa shape index (κ1) is 24.7. The van der Waals surface area contributed by atoms with Crippen LogP contribution in [0, 0.1) is 0 Å². The number of hydrogen-bond donors (Lipinski definition) is 0. The van der Waals surface area contributed by atoms with E-state index in [1.165, 1.54) is 21.5 Å². The maximum atomic E-state index is 2.15. The second-order valence-corrected chi connectivity index (χ2v) is 5.81. The molecule has 4 aromatic rings. The maximum absolute atomic E-state index is 2.15. The molecular weight excluding hydrogens is 354 g/mol. The van der Waals surface area contributed by atoms with Gasteiger partial charge in [-0.3, -0.25) is 0 Å². The second kappa shape index (κ2) is 13.9. The van der Waals surface area contributed by atoms with Gasteiger partial charge in [-0.1, -0.05) is 25.2 Å². The quantitative estimate of drug-likeness (QED) is 0.298. The van der Waals surface area contributed by atoms with Crippen LogP contribution in [-0.2, 0) is 21.7 Å². The van der Waals surface area contributed by atoms with Crippen LogP contribution >= 0.6 is 0 Å². The first-order valence-corrected chi connectivity index (χ1v) is 9.14. The Morgan fingerprint density at radius 3 is 1.29 bits per heavy atom. The molecule has 0 amide bonds. The fourth-order valence-electron chi connectivity index (χ4n) is 2.14. The third-order valence-electron chi connectivity index (χ3n) is 3.10. The molecule has 24 heavy (non-hydrogen) atoms. The number of benzene rings is 2. The number of rotatable bonds is 0. The molecule has 0 aliphatic heterocycles. The van der Waals surface area contributed by atoms with Crippen molar-refractivity contribution in [2.24, 2.45) is 0 Å². The molecule has 0 aliphatic carbocycles. The summed E-state index contributed by atoms with van der Waals surface area (Å²) in [4.78, 5) is 0. The molecule has 0 unspecified atom stereocenters. The monoisotopic (exact) mass is 374 g/mol. The molecule has 2 radical (unpaired) electrons. The van der Waals surface area contributed by atoms with Crippen LogP contribution in [0.1, 0.15) is 0 Å². The van der Waals surface area contributed by atoms with Gasteiger partial charge in [0.25, 0.3) is 0 Å². The van der Waals surface area contributed by atoms with E-state index >= 15 is 0 Å². The summed E-state index contributed by atoms with van der Waals surface area (Å²) in [5, 5.41) is 5.32. The molecule has 4 heteroatoms. The average molecular weight is 374 g/mol. The molecular formula is C20H20F2SiTi. The van der Waals surface area contributed by atoms with Crippen molar-refractivity contribution in [2.75, 3.05) is 0 Å². The van der Waals surface area contributed by atoms with Crippen LogP contribution in [-0.4, -0.2) is 9.52 Å². The summed E-state index contributed by atoms with van der Waals surface area (Å²) in [6.45, 7) is 4.31. The summed E-state index contributed by atoms with van der Waals surface area (Å²) in [5.74, 6) is 0. The van der Waals surface area contributed by atoms with Gasteiger partial charge < -0.3 is 9.41 Å². The zero-order valence-corrected chi connectivity index (χ0v) is 16.4. The standard InChI is InChI=1S/2C9H7.C2H6Si.2FH.Ti/c2*1-2-5-9-7-3-6-8(9)4-1;1-3-2;;;/h2*1-7H;1-2H3;2*1H;/q2*-1;;;;+4/p-2. The Bertz CT molecular complexity index is 651. The molecule has 0 saturated heterocycles. The van der Waals surface area contributed by atoms with Crippen molar-refractivity contribution in [3.63, 3.8) is 0 Å². The molecule has 122 valence electrons. The van der Waals surface area contributed by atoms with Crippen LogP contribution in [0.5, 0.6) is 0 Å². The third-order valence-corrected chi connectivity index (χ3v) is 3.10. The van der Waals surface area contributed by atoms with Gasteiger partial charge in [-0.25, -0.2) is 0 Å². The average Bonchev–Trinajstić information content (AvgIpc) is 3.17. The molecule has 0 aromatic heterocycles. The Labute approximate surface area is 160 Å². The Morgan fingerprint density at radius 2 is 0.958 bits per heavy atom. The summed E-state index contributed by atoms with van der Waals surface area (Å²) >= 11 is 0. The van der Waals surface area contributed by atoms with Crippen LogP contribution in [0.15, 0.2) is 84.9 Å². The van der Waals surface area contributed by atoms with E-state index in [2.05, 4.69) is 98.0 Å². The number of hydrogen-bond acceptors (Lipinski definition) is 0. The van der Waals surface area contributed by atoms with E-state index in [0.717, 1.165) is 9.52 Å². The van der Waals surface area contributed by atoms with E-state index in [0.29, 0.717) is 0 Å². The smallest absolute Gasteiger partial charge is 1.00 e. The van der Waals surface area contributed by atoms with Gasteiger partial charge in [-0.15, -0.1) is 59.3 Å². The van der Waals surface area contributed by atoms with Gasteiger partial charge in [0.1, 0.15) is 0 Å². The van der Waals surface area contributed by atoms with Gasteiger partial charge >= 0.3 is 21.7 Å². The molecule has 0 nitrogen and oxygen atoms in total. The third kappa shape index (κ3) is 7.35. The fraction of sp³-hybridized carbons (Fsp3) is 0.100. The predicted molar refractivity (Wildman–Crippen MR) is 96.6 cm³/mol. The topological polar surface area (TPSA) is 0 Å². The largest absolute Gasteiger partial charge is 4.00 e. The van der Waals surface area contributed by atoms with Crippen molar-refractivity contribution in [1.82, 2.24) is 0 Å². The van der Waals surface area contributed by atoms with Gasteiger partial charge in [0.2, 0.25) is 0 Å². The normalized spacial score (nSPS) is 8.42. The van der Waals surface area contributed by atoms with E-state index in [1.54, 1.807) is 0 Å². The van der Waals surface area contributed by atoms with Crippen molar-refractivity contribution >= 4 is 31.1 Å². The van der Waals surface area contributed by atoms with Crippen molar-refractivity contribution in [3.8, 4) is 0 Å². The molecule has 0 saturated carbocycles. The summed E-state index contributed by atoms with van der Waals surface area (Å²) in [5.41, 5.74) is 0. The van der Waals surface area contributed by atoms with E-state index in [9.17, 15) is 0 Å². The summed E-state index contributed by atoms with van der Waals surface area (Å²) in [6, 6.07) is 29.3. The van der Waals surface area contributed by atoms with E-state index in [-0.39, 0.29) is 31.1 Å². The molecule has 0 heterocycles. The maximum Gasteiger partial charge on any atom is 4.00 e. The van der Waals surface area contributed by atoms with Gasteiger partial charge in [0, 0.05) is 9.52 Å². The Kier molecular flexibility index (Phi) is 14.3. The summed E-state index contributed by atoms with van der Waals surface area (Å²) < 4.78 is 0. The van der Waals surface area contributed by atoms with Crippen molar-refractivity contribution in [2.45, 2.75) is 13.1 Å². The molecule has 0 bridgehead atoms. The van der Waals surface area contributed by atoms with Gasteiger partial charge in [-0.05, 0) is 0 Å². The van der Waals surface area contributed by atoms with Crippen LogP contribution in [0.2, 0.25) is 13.1 Å². The predicted octanol–water partition coefficient (Wildman–Crippen LogP) is -0.0903. The molecule has 4 rings (SSSR count). The Balaban J connectivity index is 0. The van der Waals surface area contributed by atoms with Crippen molar-refractivity contribution in [3.05, 3.63) is 84.9 Å². The number of fused-ring (bicyclic) bond motifs is 2. The van der Waals surface area contributed by atoms with E-state index in [4.69, 9.17) is 0 Å². The minimum Gasteiger partial charge on any atom is -1.00 e. The Hall–Kier alpha value is -1.55. The summed E-state index contributed by atoms with van der Waals surface area (Å²) in [6.07, 6.45) is 0. The molecule has 0 spiro atoms. The SMILES string of the molecule is C[Si]C.[F-].[F-].[Ti+4].c1ccc2[cH-]ccc2c1.c1ccc2[cH-]ccc2c1. The first-order valence-electron chi connectivity index (χ1n) is 7.14. The molecule has 0 N–H and O–H groups in total. The van der Waals surface area contributed by atoms with Crippen LogP contribution in [0.25, 0.3) is 21.5 Å². The molecule has 0 atom stereocenters. The van der Waals surface area contributed by atoms with Crippen LogP contribution < -0.4 is 9.41 Å². The molecule has 0 fully saturated rings. The second-order valence-electron chi connectivity index (χ2n) is 4.81.